The molecule has 0 fully saturated rings. The SMILES string of the molecule is C=COCCCNCc1ccc(SC(F)(F)F)cc1. The van der Waals surface area contributed by atoms with Gasteiger partial charge in [-0.05, 0) is 42.4 Å². The zero-order valence-electron chi connectivity index (χ0n) is 10.4. The van der Waals surface area contributed by atoms with Gasteiger partial charge >= 0.3 is 5.51 Å². The summed E-state index contributed by atoms with van der Waals surface area (Å²) in [5, 5.41) is 3.18. The Balaban J connectivity index is 2.26. The van der Waals surface area contributed by atoms with E-state index in [1.54, 1.807) is 12.1 Å². The fourth-order valence-electron chi connectivity index (χ4n) is 1.41. The molecule has 106 valence electrons. The summed E-state index contributed by atoms with van der Waals surface area (Å²) in [6, 6.07) is 6.36. The largest absolute Gasteiger partial charge is 0.502 e. The van der Waals surface area contributed by atoms with Gasteiger partial charge in [-0.2, -0.15) is 13.2 Å². The van der Waals surface area contributed by atoms with Crippen LogP contribution in [0.1, 0.15) is 12.0 Å². The van der Waals surface area contributed by atoms with Crippen LogP contribution in [0.25, 0.3) is 0 Å². The molecular weight excluding hydrogens is 275 g/mol. The predicted molar refractivity (Wildman–Crippen MR) is 70.8 cm³/mol. The Morgan fingerprint density at radius 1 is 1.26 bits per heavy atom. The standard InChI is InChI=1S/C13H16F3NOS/c1-2-18-9-3-8-17-10-11-4-6-12(7-5-11)19-13(14,15)16/h2,4-7,17H,1,3,8-10H2. The number of rotatable bonds is 8. The van der Waals surface area contributed by atoms with Crippen molar-refractivity contribution in [3.8, 4) is 0 Å². The van der Waals surface area contributed by atoms with Crippen LogP contribution < -0.4 is 5.32 Å². The fraction of sp³-hybridized carbons (Fsp3) is 0.385. The number of ether oxygens (including phenoxy) is 1. The summed E-state index contributed by atoms with van der Waals surface area (Å²) in [7, 11) is 0. The van der Waals surface area contributed by atoms with Crippen molar-refractivity contribution in [1.29, 1.82) is 0 Å². The first kappa shape index (κ1) is 15.9. The second-order valence-electron chi connectivity index (χ2n) is 3.76. The molecule has 0 radical (unpaired) electrons. The lowest BCUT2D eigenvalue weighted by Crippen LogP contribution is -2.15. The number of benzene rings is 1. The Morgan fingerprint density at radius 2 is 1.95 bits per heavy atom. The highest BCUT2D eigenvalue weighted by atomic mass is 32.2. The summed E-state index contributed by atoms with van der Waals surface area (Å²) >= 11 is -0.0995. The molecular formula is C13H16F3NOS. The molecule has 0 amide bonds. The average Bonchev–Trinajstić information content (AvgIpc) is 2.34. The quantitative estimate of drug-likeness (QED) is 0.445. The smallest absolute Gasteiger partial charge is 0.446 e. The van der Waals surface area contributed by atoms with Crippen molar-refractivity contribution in [3.63, 3.8) is 0 Å². The molecule has 0 spiro atoms. The molecule has 0 aliphatic carbocycles. The first-order chi connectivity index (χ1) is 9.01. The van der Waals surface area contributed by atoms with Crippen LogP contribution in [-0.2, 0) is 11.3 Å². The number of hydrogen-bond donors (Lipinski definition) is 1. The van der Waals surface area contributed by atoms with E-state index in [0.717, 1.165) is 18.5 Å². The van der Waals surface area contributed by atoms with Crippen LogP contribution in [0.2, 0.25) is 0 Å². The van der Waals surface area contributed by atoms with E-state index in [1.807, 2.05) is 0 Å². The number of alkyl halides is 3. The highest BCUT2D eigenvalue weighted by molar-refractivity contribution is 8.00. The van der Waals surface area contributed by atoms with E-state index in [-0.39, 0.29) is 16.7 Å². The minimum Gasteiger partial charge on any atom is -0.502 e. The van der Waals surface area contributed by atoms with Gasteiger partial charge in [-0.25, -0.2) is 0 Å². The van der Waals surface area contributed by atoms with Crippen molar-refractivity contribution in [3.05, 3.63) is 42.7 Å². The van der Waals surface area contributed by atoms with E-state index in [1.165, 1.54) is 18.4 Å². The molecule has 1 N–H and O–H groups in total. The number of hydrogen-bond acceptors (Lipinski definition) is 3. The topological polar surface area (TPSA) is 21.3 Å². The molecule has 0 aliphatic heterocycles. The molecule has 6 heteroatoms. The molecule has 0 saturated heterocycles. The maximum atomic E-state index is 12.1. The normalized spacial score (nSPS) is 11.3. The first-order valence-corrected chi connectivity index (χ1v) is 6.61. The van der Waals surface area contributed by atoms with E-state index in [4.69, 9.17) is 4.74 Å². The summed E-state index contributed by atoms with van der Waals surface area (Å²) in [6.45, 7) is 5.46. The lowest BCUT2D eigenvalue weighted by molar-refractivity contribution is -0.0328. The molecule has 0 aromatic heterocycles. The molecule has 0 bridgehead atoms. The van der Waals surface area contributed by atoms with Crippen molar-refractivity contribution in [2.75, 3.05) is 13.2 Å². The van der Waals surface area contributed by atoms with E-state index in [0.29, 0.717) is 13.2 Å². The van der Waals surface area contributed by atoms with Gasteiger partial charge in [0.2, 0.25) is 0 Å². The number of halogens is 3. The minimum atomic E-state index is -4.23. The van der Waals surface area contributed by atoms with Gasteiger partial charge in [-0.15, -0.1) is 0 Å². The van der Waals surface area contributed by atoms with Crippen LogP contribution >= 0.6 is 11.8 Å². The summed E-state index contributed by atoms with van der Waals surface area (Å²) in [5.74, 6) is 0. The van der Waals surface area contributed by atoms with Crippen LogP contribution in [-0.4, -0.2) is 18.7 Å². The fourth-order valence-corrected chi connectivity index (χ4v) is 1.94. The van der Waals surface area contributed by atoms with Crippen LogP contribution in [0.3, 0.4) is 0 Å². The monoisotopic (exact) mass is 291 g/mol. The molecule has 2 nitrogen and oxygen atoms in total. The Kier molecular flexibility index (Phi) is 6.80. The van der Waals surface area contributed by atoms with Gasteiger partial charge in [-0.1, -0.05) is 18.7 Å². The maximum Gasteiger partial charge on any atom is 0.446 e. The minimum absolute atomic E-state index is 0.0995. The zero-order chi connectivity index (χ0) is 14.1. The Bertz CT molecular complexity index is 378. The third-order valence-electron chi connectivity index (χ3n) is 2.22. The summed E-state index contributed by atoms with van der Waals surface area (Å²) in [4.78, 5) is 0.204. The first-order valence-electron chi connectivity index (χ1n) is 5.79. The number of thioether (sulfide) groups is 1. The molecule has 1 aromatic carbocycles. The highest BCUT2D eigenvalue weighted by Gasteiger charge is 2.28. The molecule has 0 aliphatic rings. The second kappa shape index (κ2) is 8.12. The van der Waals surface area contributed by atoms with Gasteiger partial charge in [-0.3, -0.25) is 0 Å². The third kappa shape index (κ3) is 7.79. The van der Waals surface area contributed by atoms with E-state index in [2.05, 4.69) is 11.9 Å². The van der Waals surface area contributed by atoms with Gasteiger partial charge in [0.25, 0.3) is 0 Å². The molecule has 0 heterocycles. The van der Waals surface area contributed by atoms with E-state index in [9.17, 15) is 13.2 Å². The second-order valence-corrected chi connectivity index (χ2v) is 4.90. The van der Waals surface area contributed by atoms with Crippen LogP contribution in [0.15, 0.2) is 42.0 Å². The summed E-state index contributed by atoms with van der Waals surface area (Å²) < 4.78 is 41.3. The molecule has 19 heavy (non-hydrogen) atoms. The Labute approximate surface area is 115 Å². The van der Waals surface area contributed by atoms with Crippen LogP contribution in [0.4, 0.5) is 13.2 Å². The van der Waals surface area contributed by atoms with E-state index >= 15 is 0 Å². The van der Waals surface area contributed by atoms with Crippen LogP contribution in [0.5, 0.6) is 0 Å². The van der Waals surface area contributed by atoms with Crippen molar-refractivity contribution in [2.24, 2.45) is 0 Å². The van der Waals surface area contributed by atoms with Crippen molar-refractivity contribution < 1.29 is 17.9 Å². The van der Waals surface area contributed by atoms with E-state index < -0.39 is 5.51 Å². The average molecular weight is 291 g/mol. The molecule has 0 unspecified atom stereocenters. The highest BCUT2D eigenvalue weighted by Crippen LogP contribution is 2.36. The number of nitrogens with one attached hydrogen (secondary N) is 1. The van der Waals surface area contributed by atoms with Crippen LogP contribution in [0, 0.1) is 0 Å². The Morgan fingerprint density at radius 3 is 2.53 bits per heavy atom. The summed E-state index contributed by atoms with van der Waals surface area (Å²) in [6.07, 6.45) is 2.26. The summed E-state index contributed by atoms with van der Waals surface area (Å²) in [5.41, 5.74) is -3.28. The molecule has 0 atom stereocenters. The molecule has 0 saturated carbocycles. The Hall–Kier alpha value is -1.14. The van der Waals surface area contributed by atoms with Crippen molar-refractivity contribution in [1.82, 2.24) is 5.32 Å². The van der Waals surface area contributed by atoms with Gasteiger partial charge in [0, 0.05) is 11.4 Å². The third-order valence-corrected chi connectivity index (χ3v) is 2.96. The lowest BCUT2D eigenvalue weighted by atomic mass is 10.2. The predicted octanol–water partition coefficient (Wildman–Crippen LogP) is 3.94. The lowest BCUT2D eigenvalue weighted by Gasteiger charge is -2.07. The van der Waals surface area contributed by atoms with Gasteiger partial charge in [0.05, 0.1) is 12.9 Å². The van der Waals surface area contributed by atoms with Crippen molar-refractivity contribution in [2.45, 2.75) is 23.4 Å². The zero-order valence-corrected chi connectivity index (χ0v) is 11.2. The maximum absolute atomic E-state index is 12.1. The van der Waals surface area contributed by atoms with Gasteiger partial charge < -0.3 is 10.1 Å². The van der Waals surface area contributed by atoms with Gasteiger partial charge in [0.15, 0.2) is 0 Å². The molecule has 1 rings (SSSR count). The van der Waals surface area contributed by atoms with Crippen molar-refractivity contribution >= 4 is 11.8 Å². The van der Waals surface area contributed by atoms with Gasteiger partial charge in [0.1, 0.15) is 0 Å². The molecule has 1 aromatic rings.